The van der Waals surface area contributed by atoms with Crippen molar-refractivity contribution in [2.75, 3.05) is 31.7 Å². The van der Waals surface area contributed by atoms with Crippen molar-refractivity contribution in [2.24, 2.45) is 5.41 Å². The van der Waals surface area contributed by atoms with Crippen molar-refractivity contribution in [2.45, 2.75) is 10.8 Å². The molecule has 2 heterocycles. The predicted octanol–water partition coefficient (Wildman–Crippen LogP) is 2.19. The van der Waals surface area contributed by atoms with E-state index in [2.05, 4.69) is 27.4 Å². The van der Waals surface area contributed by atoms with Crippen LogP contribution < -0.4 is 5.32 Å². The largest absolute Gasteiger partial charge is 0.396 e. The normalized spacial score (nSPS) is 16.0. The number of thioether (sulfide) groups is 1. The Morgan fingerprint density at radius 1 is 1.23 bits per heavy atom. The van der Waals surface area contributed by atoms with E-state index < -0.39 is 0 Å². The molecule has 1 aromatic heterocycles. The van der Waals surface area contributed by atoms with Crippen LogP contribution in [0.15, 0.2) is 47.8 Å². The van der Waals surface area contributed by atoms with Crippen LogP contribution in [0.25, 0.3) is 0 Å². The summed E-state index contributed by atoms with van der Waals surface area (Å²) in [5, 5.41) is 13.6. The topological polar surface area (TPSA) is 67.3 Å². The van der Waals surface area contributed by atoms with E-state index in [1.54, 1.807) is 24.2 Å². The fraction of sp³-hybridized carbons (Fsp3) is 0.375. The van der Waals surface area contributed by atoms with E-state index >= 15 is 0 Å². The Hall–Kier alpha value is -1.63. The molecule has 0 bridgehead atoms. The Morgan fingerprint density at radius 2 is 2.05 bits per heavy atom. The van der Waals surface area contributed by atoms with Crippen LogP contribution in [-0.2, 0) is 10.5 Å². The van der Waals surface area contributed by atoms with Crippen molar-refractivity contribution in [1.29, 1.82) is 0 Å². The van der Waals surface area contributed by atoms with Crippen LogP contribution in [0.1, 0.15) is 5.56 Å². The van der Waals surface area contributed by atoms with Crippen molar-refractivity contribution in [3.63, 3.8) is 0 Å². The van der Waals surface area contributed by atoms with E-state index in [1.165, 1.54) is 5.56 Å². The first-order chi connectivity index (χ1) is 10.8. The molecule has 6 heteroatoms. The highest BCUT2D eigenvalue weighted by molar-refractivity contribution is 7.98. The molecule has 0 atom stereocenters. The zero-order valence-electron chi connectivity index (χ0n) is 12.2. The SMILES string of the molecule is OCC1(CNc2cncc(SCc3ccccc3)n2)COC1. The minimum atomic E-state index is -0.172. The molecule has 3 rings (SSSR count). The minimum absolute atomic E-state index is 0.121. The Labute approximate surface area is 134 Å². The van der Waals surface area contributed by atoms with Crippen LogP contribution in [0.2, 0.25) is 0 Å². The molecular weight excluding hydrogens is 298 g/mol. The average Bonchev–Trinajstić information content (AvgIpc) is 2.54. The Bertz CT molecular complexity index is 600. The maximum atomic E-state index is 9.42. The first-order valence-electron chi connectivity index (χ1n) is 7.21. The number of benzene rings is 1. The highest BCUT2D eigenvalue weighted by Crippen LogP contribution is 2.27. The maximum absolute atomic E-state index is 9.42. The highest BCUT2D eigenvalue weighted by atomic mass is 32.2. The lowest BCUT2D eigenvalue weighted by molar-refractivity contribution is -0.128. The van der Waals surface area contributed by atoms with Gasteiger partial charge in [-0.25, -0.2) is 4.98 Å². The van der Waals surface area contributed by atoms with E-state index in [-0.39, 0.29) is 12.0 Å². The zero-order chi connectivity index (χ0) is 15.3. The van der Waals surface area contributed by atoms with Gasteiger partial charge in [0.15, 0.2) is 0 Å². The number of aliphatic hydroxyl groups is 1. The van der Waals surface area contributed by atoms with Crippen LogP contribution in [0.4, 0.5) is 5.82 Å². The fourth-order valence-corrected chi connectivity index (χ4v) is 2.96. The minimum Gasteiger partial charge on any atom is -0.396 e. The highest BCUT2D eigenvalue weighted by Gasteiger charge is 2.37. The van der Waals surface area contributed by atoms with Crippen molar-refractivity contribution < 1.29 is 9.84 Å². The number of nitrogens with one attached hydrogen (secondary N) is 1. The monoisotopic (exact) mass is 317 g/mol. The number of anilines is 1. The van der Waals surface area contributed by atoms with E-state index in [4.69, 9.17) is 4.74 Å². The van der Waals surface area contributed by atoms with Gasteiger partial charge in [-0.2, -0.15) is 0 Å². The molecule has 0 spiro atoms. The molecule has 0 aliphatic carbocycles. The van der Waals surface area contributed by atoms with Gasteiger partial charge in [0.2, 0.25) is 0 Å². The predicted molar refractivity (Wildman–Crippen MR) is 86.9 cm³/mol. The molecule has 0 amide bonds. The van der Waals surface area contributed by atoms with E-state index in [9.17, 15) is 5.11 Å². The lowest BCUT2D eigenvalue weighted by Gasteiger charge is -2.39. The summed E-state index contributed by atoms with van der Waals surface area (Å²) in [6, 6.07) is 10.3. The molecule has 1 aliphatic heterocycles. The summed E-state index contributed by atoms with van der Waals surface area (Å²) in [7, 11) is 0. The molecule has 1 fully saturated rings. The molecule has 5 nitrogen and oxygen atoms in total. The molecule has 22 heavy (non-hydrogen) atoms. The zero-order valence-corrected chi connectivity index (χ0v) is 13.1. The van der Waals surface area contributed by atoms with Gasteiger partial charge in [-0.05, 0) is 5.56 Å². The maximum Gasteiger partial charge on any atom is 0.145 e. The summed E-state index contributed by atoms with van der Waals surface area (Å²) >= 11 is 1.66. The number of hydrogen-bond donors (Lipinski definition) is 2. The summed E-state index contributed by atoms with van der Waals surface area (Å²) in [5.74, 6) is 1.60. The molecular formula is C16H19N3O2S. The molecule has 2 N–H and O–H groups in total. The van der Waals surface area contributed by atoms with Crippen LogP contribution >= 0.6 is 11.8 Å². The second-order valence-electron chi connectivity index (χ2n) is 5.52. The van der Waals surface area contributed by atoms with Crippen molar-refractivity contribution in [1.82, 2.24) is 9.97 Å². The third-order valence-electron chi connectivity index (χ3n) is 3.64. The van der Waals surface area contributed by atoms with E-state index in [0.717, 1.165) is 16.6 Å². The van der Waals surface area contributed by atoms with Gasteiger partial charge in [0.05, 0.1) is 37.6 Å². The second kappa shape index (κ2) is 7.09. The van der Waals surface area contributed by atoms with Gasteiger partial charge in [0, 0.05) is 12.3 Å². The van der Waals surface area contributed by atoms with Crippen LogP contribution in [0, 0.1) is 5.41 Å². The van der Waals surface area contributed by atoms with E-state index in [1.807, 2.05) is 18.2 Å². The fourth-order valence-electron chi connectivity index (χ4n) is 2.15. The molecule has 1 aromatic carbocycles. The summed E-state index contributed by atoms with van der Waals surface area (Å²) < 4.78 is 5.19. The van der Waals surface area contributed by atoms with Crippen molar-refractivity contribution in [3.05, 3.63) is 48.3 Å². The Balaban J connectivity index is 1.55. The van der Waals surface area contributed by atoms with Crippen molar-refractivity contribution in [3.8, 4) is 0 Å². The first kappa shape index (κ1) is 15.3. The molecule has 0 unspecified atom stereocenters. The summed E-state index contributed by atoms with van der Waals surface area (Å²) in [6.07, 6.45) is 3.48. The van der Waals surface area contributed by atoms with Crippen LogP contribution in [0.3, 0.4) is 0 Å². The van der Waals surface area contributed by atoms with Gasteiger partial charge < -0.3 is 15.2 Å². The van der Waals surface area contributed by atoms with Gasteiger partial charge in [-0.1, -0.05) is 30.3 Å². The van der Waals surface area contributed by atoms with Gasteiger partial charge in [0.25, 0.3) is 0 Å². The third-order valence-corrected chi connectivity index (χ3v) is 4.61. The lowest BCUT2D eigenvalue weighted by Crippen LogP contribution is -2.50. The first-order valence-corrected chi connectivity index (χ1v) is 8.19. The second-order valence-corrected chi connectivity index (χ2v) is 6.52. The molecule has 116 valence electrons. The quantitative estimate of drug-likeness (QED) is 0.763. The molecule has 1 saturated heterocycles. The van der Waals surface area contributed by atoms with Gasteiger partial charge in [0.1, 0.15) is 10.8 Å². The molecule has 0 saturated carbocycles. The number of aromatic nitrogens is 2. The Kier molecular flexibility index (Phi) is 4.92. The third kappa shape index (κ3) is 3.76. The summed E-state index contributed by atoms with van der Waals surface area (Å²) in [5.41, 5.74) is 1.09. The van der Waals surface area contributed by atoms with Gasteiger partial charge >= 0.3 is 0 Å². The van der Waals surface area contributed by atoms with E-state index in [0.29, 0.717) is 19.8 Å². The van der Waals surface area contributed by atoms with Crippen LogP contribution in [0.5, 0.6) is 0 Å². The Morgan fingerprint density at radius 3 is 2.73 bits per heavy atom. The standard InChI is InChI=1S/C16H19N3O2S/c20-10-16(11-21-12-16)9-18-14-6-17-7-15(19-14)22-8-13-4-2-1-3-5-13/h1-7,20H,8-12H2,(H,18,19). The number of rotatable bonds is 7. The number of aliphatic hydroxyl groups excluding tert-OH is 1. The number of hydrogen-bond acceptors (Lipinski definition) is 6. The smallest absolute Gasteiger partial charge is 0.145 e. The summed E-state index contributed by atoms with van der Waals surface area (Å²) in [4.78, 5) is 8.78. The lowest BCUT2D eigenvalue weighted by atomic mass is 9.87. The van der Waals surface area contributed by atoms with Crippen LogP contribution in [-0.4, -0.2) is 41.4 Å². The number of ether oxygens (including phenoxy) is 1. The van der Waals surface area contributed by atoms with Gasteiger partial charge in [-0.3, -0.25) is 4.98 Å². The van der Waals surface area contributed by atoms with Gasteiger partial charge in [-0.15, -0.1) is 11.8 Å². The average molecular weight is 317 g/mol. The summed E-state index contributed by atoms with van der Waals surface area (Å²) in [6.45, 7) is 1.94. The molecule has 0 radical (unpaired) electrons. The van der Waals surface area contributed by atoms with Crippen molar-refractivity contribution >= 4 is 17.6 Å². The molecule has 2 aromatic rings. The molecule has 1 aliphatic rings. The number of nitrogens with zero attached hydrogens (tertiary/aromatic N) is 2.